The molecular weight excluding hydrogens is 303 g/mol. The van der Waals surface area contributed by atoms with Gasteiger partial charge in [-0.25, -0.2) is 4.39 Å². The molecule has 1 heterocycles. The Bertz CT molecular complexity index is 725. The van der Waals surface area contributed by atoms with Crippen molar-refractivity contribution >= 4 is 28.2 Å². The molecule has 0 fully saturated rings. The van der Waals surface area contributed by atoms with Gasteiger partial charge in [-0.15, -0.1) is 11.3 Å². The molecule has 2 rings (SSSR count). The van der Waals surface area contributed by atoms with Crippen LogP contribution in [0.4, 0.5) is 9.39 Å². The van der Waals surface area contributed by atoms with Crippen LogP contribution in [-0.2, 0) is 17.6 Å². The van der Waals surface area contributed by atoms with Gasteiger partial charge in [0, 0.05) is 4.88 Å². The molecule has 0 radical (unpaired) electrons. The van der Waals surface area contributed by atoms with Gasteiger partial charge in [-0.2, -0.15) is 0 Å². The maximum Gasteiger partial charge on any atom is 0.251 e. The van der Waals surface area contributed by atoms with Gasteiger partial charge in [0.05, 0.1) is 12.0 Å². The smallest absolute Gasteiger partial charge is 0.251 e. The van der Waals surface area contributed by atoms with Crippen molar-refractivity contribution in [3.63, 3.8) is 0 Å². The summed E-state index contributed by atoms with van der Waals surface area (Å²) in [7, 11) is 0. The van der Waals surface area contributed by atoms with Crippen LogP contribution in [0.2, 0.25) is 0 Å². The summed E-state index contributed by atoms with van der Waals surface area (Å²) in [6.45, 7) is 3.80. The van der Waals surface area contributed by atoms with Crippen LogP contribution >= 0.6 is 11.3 Å². The van der Waals surface area contributed by atoms with Gasteiger partial charge in [0.15, 0.2) is 0 Å². The second-order valence-electron chi connectivity index (χ2n) is 4.88. The highest BCUT2D eigenvalue weighted by Crippen LogP contribution is 2.33. The van der Waals surface area contributed by atoms with Crippen LogP contribution in [0.1, 0.15) is 33.3 Å². The van der Waals surface area contributed by atoms with Crippen LogP contribution < -0.4 is 11.1 Å². The first-order valence-electron chi connectivity index (χ1n) is 6.89. The number of nitrogens with two attached hydrogens (primary N) is 1. The van der Waals surface area contributed by atoms with Crippen LogP contribution in [0.3, 0.4) is 0 Å². The van der Waals surface area contributed by atoms with Crippen LogP contribution in [0, 0.1) is 12.7 Å². The summed E-state index contributed by atoms with van der Waals surface area (Å²) in [4.78, 5) is 24.7. The van der Waals surface area contributed by atoms with Gasteiger partial charge in [0.1, 0.15) is 10.8 Å². The average molecular weight is 320 g/mol. The van der Waals surface area contributed by atoms with Crippen LogP contribution in [0.25, 0.3) is 0 Å². The van der Waals surface area contributed by atoms with Gasteiger partial charge in [-0.05, 0) is 30.5 Å². The first-order chi connectivity index (χ1) is 10.4. The average Bonchev–Trinajstić information content (AvgIpc) is 2.76. The second kappa shape index (κ2) is 6.70. The Balaban J connectivity index is 2.22. The Hall–Kier alpha value is -2.21. The molecule has 2 aromatic rings. The van der Waals surface area contributed by atoms with E-state index in [-0.39, 0.29) is 12.3 Å². The van der Waals surface area contributed by atoms with Crippen molar-refractivity contribution in [3.8, 4) is 0 Å². The summed E-state index contributed by atoms with van der Waals surface area (Å²) in [5, 5.41) is 3.11. The lowest BCUT2D eigenvalue weighted by Gasteiger charge is -2.06. The molecule has 22 heavy (non-hydrogen) atoms. The Morgan fingerprint density at radius 1 is 1.32 bits per heavy atom. The predicted molar refractivity (Wildman–Crippen MR) is 85.7 cm³/mol. The fourth-order valence-corrected chi connectivity index (χ4v) is 3.51. The molecule has 0 spiro atoms. The van der Waals surface area contributed by atoms with Crippen molar-refractivity contribution in [2.75, 3.05) is 5.32 Å². The monoisotopic (exact) mass is 320 g/mol. The molecule has 0 atom stereocenters. The van der Waals surface area contributed by atoms with Gasteiger partial charge in [0.2, 0.25) is 5.91 Å². The van der Waals surface area contributed by atoms with E-state index >= 15 is 0 Å². The number of thiophene rings is 1. The first-order valence-corrected chi connectivity index (χ1v) is 7.71. The largest absolute Gasteiger partial charge is 0.365 e. The van der Waals surface area contributed by atoms with Crippen LogP contribution in [0.5, 0.6) is 0 Å². The van der Waals surface area contributed by atoms with Gasteiger partial charge in [-0.3, -0.25) is 9.59 Å². The lowest BCUT2D eigenvalue weighted by molar-refractivity contribution is -0.115. The number of carbonyl (C=O) groups excluding carboxylic acids is 2. The molecule has 2 amide bonds. The summed E-state index contributed by atoms with van der Waals surface area (Å²) in [6, 6.07) is 6.10. The maximum atomic E-state index is 13.6. The number of hydrogen-bond donors (Lipinski definition) is 2. The Morgan fingerprint density at radius 2 is 2.00 bits per heavy atom. The molecule has 1 aromatic heterocycles. The third-order valence-corrected chi connectivity index (χ3v) is 4.43. The summed E-state index contributed by atoms with van der Waals surface area (Å²) < 4.78 is 13.6. The Morgan fingerprint density at radius 3 is 2.59 bits per heavy atom. The van der Waals surface area contributed by atoms with E-state index in [4.69, 9.17) is 5.73 Å². The quantitative estimate of drug-likeness (QED) is 0.889. The predicted octanol–water partition coefficient (Wildman–Crippen LogP) is 3.04. The number of primary amides is 1. The highest BCUT2D eigenvalue weighted by atomic mass is 32.1. The zero-order valence-corrected chi connectivity index (χ0v) is 13.2. The molecule has 0 aliphatic heterocycles. The summed E-state index contributed by atoms with van der Waals surface area (Å²) in [6.07, 6.45) is 0.563. The van der Waals surface area contributed by atoms with Crippen molar-refractivity contribution in [2.45, 2.75) is 26.7 Å². The van der Waals surface area contributed by atoms with Gasteiger partial charge < -0.3 is 11.1 Å². The molecule has 0 saturated carbocycles. The summed E-state index contributed by atoms with van der Waals surface area (Å²) >= 11 is 1.31. The van der Waals surface area contributed by atoms with Crippen molar-refractivity contribution < 1.29 is 14.0 Å². The van der Waals surface area contributed by atoms with Gasteiger partial charge >= 0.3 is 0 Å². The third kappa shape index (κ3) is 3.33. The number of halogens is 1. The second-order valence-corrected chi connectivity index (χ2v) is 6.10. The number of amides is 2. The number of carbonyl (C=O) groups is 2. The molecule has 3 N–H and O–H groups in total. The van der Waals surface area contributed by atoms with E-state index in [1.54, 1.807) is 18.2 Å². The van der Waals surface area contributed by atoms with E-state index < -0.39 is 11.7 Å². The minimum atomic E-state index is -0.567. The number of aryl methyl sites for hydroxylation is 1. The lowest BCUT2D eigenvalue weighted by atomic mass is 10.1. The number of rotatable bonds is 5. The van der Waals surface area contributed by atoms with Crippen molar-refractivity contribution in [1.82, 2.24) is 0 Å². The van der Waals surface area contributed by atoms with Crippen molar-refractivity contribution in [2.24, 2.45) is 5.73 Å². The molecule has 0 bridgehead atoms. The Kier molecular flexibility index (Phi) is 4.92. The molecule has 1 aromatic carbocycles. The minimum absolute atomic E-state index is 0.0940. The standard InChI is InChI=1S/C16H17FN2O2S/c1-3-11-9(2)22-16(14(11)15(18)21)19-13(20)8-10-6-4-5-7-12(10)17/h4-7H,3,8H2,1-2H3,(H2,18,21)(H,19,20). The molecule has 0 aliphatic carbocycles. The molecular formula is C16H17FN2O2S. The SMILES string of the molecule is CCc1c(C)sc(NC(=O)Cc2ccccc2F)c1C(N)=O. The lowest BCUT2D eigenvalue weighted by Crippen LogP contribution is -2.19. The minimum Gasteiger partial charge on any atom is -0.365 e. The van der Waals surface area contributed by atoms with Gasteiger partial charge in [-0.1, -0.05) is 25.1 Å². The fraction of sp³-hybridized carbons (Fsp3) is 0.250. The highest BCUT2D eigenvalue weighted by molar-refractivity contribution is 7.16. The number of anilines is 1. The fourth-order valence-electron chi connectivity index (χ4n) is 2.34. The van der Waals surface area contributed by atoms with E-state index in [0.717, 1.165) is 10.4 Å². The summed E-state index contributed by atoms with van der Waals surface area (Å²) in [5.74, 6) is -1.37. The first kappa shape index (κ1) is 16.2. The van der Waals surface area contributed by atoms with Crippen LogP contribution in [0.15, 0.2) is 24.3 Å². The maximum absolute atomic E-state index is 13.6. The van der Waals surface area contributed by atoms with Crippen molar-refractivity contribution in [1.29, 1.82) is 0 Å². The van der Waals surface area contributed by atoms with E-state index in [2.05, 4.69) is 5.32 Å². The number of benzene rings is 1. The Labute approximate surface area is 132 Å². The molecule has 6 heteroatoms. The topological polar surface area (TPSA) is 72.2 Å². The molecule has 116 valence electrons. The molecule has 0 aliphatic rings. The van der Waals surface area contributed by atoms with E-state index in [0.29, 0.717) is 22.5 Å². The molecule has 0 unspecified atom stereocenters. The zero-order valence-electron chi connectivity index (χ0n) is 12.4. The highest BCUT2D eigenvalue weighted by Gasteiger charge is 2.20. The third-order valence-electron chi connectivity index (χ3n) is 3.37. The normalized spacial score (nSPS) is 10.5. The number of nitrogens with one attached hydrogen (secondary N) is 1. The summed E-state index contributed by atoms with van der Waals surface area (Å²) in [5.41, 5.74) is 6.92. The number of hydrogen-bond acceptors (Lipinski definition) is 3. The zero-order chi connectivity index (χ0) is 16.3. The van der Waals surface area contributed by atoms with Crippen LogP contribution in [-0.4, -0.2) is 11.8 Å². The van der Waals surface area contributed by atoms with E-state index in [9.17, 15) is 14.0 Å². The van der Waals surface area contributed by atoms with E-state index in [1.807, 2.05) is 13.8 Å². The molecule has 4 nitrogen and oxygen atoms in total. The molecule has 0 saturated heterocycles. The van der Waals surface area contributed by atoms with Crippen molar-refractivity contribution in [3.05, 3.63) is 51.7 Å². The van der Waals surface area contributed by atoms with E-state index in [1.165, 1.54) is 17.4 Å². The van der Waals surface area contributed by atoms with Gasteiger partial charge in [0.25, 0.3) is 5.91 Å².